The van der Waals surface area contributed by atoms with Crippen molar-refractivity contribution in [1.82, 2.24) is 4.90 Å². The second-order valence-electron chi connectivity index (χ2n) is 6.44. The van der Waals surface area contributed by atoms with Crippen LogP contribution < -0.4 is 0 Å². The number of fused-ring (bicyclic) bond motifs is 2. The van der Waals surface area contributed by atoms with Crippen molar-refractivity contribution in [2.45, 2.75) is 77.7 Å². The standard InChI is InChI=1S/C16H27NO4/c1-5-9(3)17(10(4)6-2)15(18)13-11-7-8-12(21-11)14(13)16(19)20/h9-14H,5-8H2,1-4H3,(H,19,20)/t9-,10-,11+,12+,13+,14-/m0/s1. The van der Waals surface area contributed by atoms with Gasteiger partial charge in [-0.3, -0.25) is 9.59 Å². The van der Waals surface area contributed by atoms with Gasteiger partial charge >= 0.3 is 5.97 Å². The zero-order valence-corrected chi connectivity index (χ0v) is 13.4. The second kappa shape index (κ2) is 6.34. The number of ether oxygens (including phenoxy) is 1. The third-order valence-corrected chi connectivity index (χ3v) is 5.23. The molecule has 1 N–H and O–H groups in total. The summed E-state index contributed by atoms with van der Waals surface area (Å²) in [4.78, 5) is 26.5. The topological polar surface area (TPSA) is 66.8 Å². The van der Waals surface area contributed by atoms with E-state index in [-0.39, 0.29) is 30.2 Å². The molecule has 2 rings (SSSR count). The molecule has 1 amide bonds. The van der Waals surface area contributed by atoms with E-state index in [4.69, 9.17) is 4.74 Å². The fraction of sp³-hybridized carbons (Fsp3) is 0.875. The molecule has 0 saturated carbocycles. The van der Waals surface area contributed by atoms with Gasteiger partial charge in [-0.15, -0.1) is 0 Å². The SMILES string of the molecule is CC[C@H](C)N(C(=O)[C@H]1[C@@H](C(=O)O)[C@H]2CC[C@H]1O2)[C@@H](C)CC. The summed E-state index contributed by atoms with van der Waals surface area (Å²) in [6, 6.07) is 0.252. The molecule has 2 aliphatic heterocycles. The molecule has 0 aromatic rings. The molecule has 0 aromatic carbocycles. The van der Waals surface area contributed by atoms with Crippen LogP contribution in [0.15, 0.2) is 0 Å². The number of hydrogen-bond donors (Lipinski definition) is 1. The third kappa shape index (κ3) is 2.80. The molecular formula is C16H27NO4. The Hall–Kier alpha value is -1.10. The van der Waals surface area contributed by atoms with Crippen molar-refractivity contribution in [3.8, 4) is 0 Å². The Balaban J connectivity index is 2.25. The molecular weight excluding hydrogens is 270 g/mol. The highest BCUT2D eigenvalue weighted by Crippen LogP contribution is 2.44. The zero-order valence-electron chi connectivity index (χ0n) is 13.4. The number of carboxylic acids is 1. The van der Waals surface area contributed by atoms with Crippen molar-refractivity contribution in [2.24, 2.45) is 11.8 Å². The van der Waals surface area contributed by atoms with Gasteiger partial charge in [0.2, 0.25) is 5.91 Å². The maximum atomic E-state index is 13.0. The average molecular weight is 297 g/mol. The molecule has 0 spiro atoms. The third-order valence-electron chi connectivity index (χ3n) is 5.23. The van der Waals surface area contributed by atoms with Crippen LogP contribution in [0.1, 0.15) is 53.4 Å². The summed E-state index contributed by atoms with van der Waals surface area (Å²) in [5.41, 5.74) is 0. The molecule has 0 aliphatic carbocycles. The lowest BCUT2D eigenvalue weighted by Gasteiger charge is -2.38. The highest BCUT2D eigenvalue weighted by Gasteiger charge is 2.56. The van der Waals surface area contributed by atoms with Gasteiger partial charge in [0.15, 0.2) is 0 Å². The van der Waals surface area contributed by atoms with Crippen LogP contribution in [0.2, 0.25) is 0 Å². The number of aliphatic carboxylic acids is 1. The van der Waals surface area contributed by atoms with Crippen LogP contribution >= 0.6 is 0 Å². The zero-order chi connectivity index (χ0) is 15.7. The van der Waals surface area contributed by atoms with Gasteiger partial charge in [-0.1, -0.05) is 13.8 Å². The Bertz CT molecular complexity index is 401. The van der Waals surface area contributed by atoms with Gasteiger partial charge < -0.3 is 14.7 Å². The van der Waals surface area contributed by atoms with E-state index < -0.39 is 17.8 Å². The normalized spacial score (nSPS) is 33.7. The van der Waals surface area contributed by atoms with Gasteiger partial charge in [0, 0.05) is 12.1 Å². The van der Waals surface area contributed by atoms with Crippen molar-refractivity contribution in [2.75, 3.05) is 0 Å². The molecule has 0 aromatic heterocycles. The van der Waals surface area contributed by atoms with E-state index in [1.807, 2.05) is 18.7 Å². The van der Waals surface area contributed by atoms with Crippen LogP contribution in [0, 0.1) is 11.8 Å². The largest absolute Gasteiger partial charge is 0.481 e. The predicted molar refractivity (Wildman–Crippen MR) is 78.9 cm³/mol. The van der Waals surface area contributed by atoms with E-state index >= 15 is 0 Å². The summed E-state index contributed by atoms with van der Waals surface area (Å²) in [6.45, 7) is 8.18. The van der Waals surface area contributed by atoms with Gasteiger partial charge in [-0.25, -0.2) is 0 Å². The molecule has 2 heterocycles. The Morgan fingerprint density at radius 1 is 1.10 bits per heavy atom. The minimum atomic E-state index is -0.895. The molecule has 2 aliphatic rings. The first-order valence-electron chi connectivity index (χ1n) is 8.12. The molecule has 2 bridgehead atoms. The highest BCUT2D eigenvalue weighted by atomic mass is 16.5. The van der Waals surface area contributed by atoms with E-state index in [9.17, 15) is 14.7 Å². The summed E-state index contributed by atoms with van der Waals surface area (Å²) in [6.07, 6.45) is 2.82. The Morgan fingerprint density at radius 2 is 1.57 bits per heavy atom. The lowest BCUT2D eigenvalue weighted by Crippen LogP contribution is -2.51. The molecule has 6 atom stereocenters. The van der Waals surface area contributed by atoms with E-state index in [2.05, 4.69) is 13.8 Å². The van der Waals surface area contributed by atoms with E-state index in [1.165, 1.54) is 0 Å². The molecule has 21 heavy (non-hydrogen) atoms. The van der Waals surface area contributed by atoms with E-state index in [0.29, 0.717) is 0 Å². The van der Waals surface area contributed by atoms with Crippen molar-refractivity contribution < 1.29 is 19.4 Å². The van der Waals surface area contributed by atoms with Crippen molar-refractivity contribution in [3.05, 3.63) is 0 Å². The number of carbonyl (C=O) groups excluding carboxylic acids is 1. The monoisotopic (exact) mass is 297 g/mol. The first kappa shape index (κ1) is 16.3. The number of nitrogens with zero attached hydrogens (tertiary/aromatic N) is 1. The average Bonchev–Trinajstić information content (AvgIpc) is 3.07. The van der Waals surface area contributed by atoms with Gasteiger partial charge in [-0.2, -0.15) is 0 Å². The molecule has 0 unspecified atom stereocenters. The predicted octanol–water partition coefficient (Wildman–Crippen LogP) is 2.29. The van der Waals surface area contributed by atoms with Crippen molar-refractivity contribution in [3.63, 3.8) is 0 Å². The Kier molecular flexibility index (Phi) is 4.91. The lowest BCUT2D eigenvalue weighted by atomic mass is 9.78. The number of rotatable bonds is 6. The maximum absolute atomic E-state index is 13.0. The molecule has 2 fully saturated rings. The molecule has 2 saturated heterocycles. The molecule has 5 heteroatoms. The summed E-state index contributed by atoms with van der Waals surface area (Å²) in [5, 5.41) is 9.48. The van der Waals surface area contributed by atoms with Crippen LogP contribution in [0.5, 0.6) is 0 Å². The Morgan fingerprint density at radius 3 is 2.00 bits per heavy atom. The van der Waals surface area contributed by atoms with Gasteiger partial charge in [0.1, 0.15) is 0 Å². The molecule has 0 radical (unpaired) electrons. The van der Waals surface area contributed by atoms with Crippen molar-refractivity contribution in [1.29, 1.82) is 0 Å². The summed E-state index contributed by atoms with van der Waals surface area (Å²) in [7, 11) is 0. The van der Waals surface area contributed by atoms with Crippen LogP contribution in [0.4, 0.5) is 0 Å². The highest BCUT2D eigenvalue weighted by molar-refractivity contribution is 5.87. The van der Waals surface area contributed by atoms with Gasteiger partial charge in [0.05, 0.1) is 24.0 Å². The molecule has 5 nitrogen and oxygen atoms in total. The number of amides is 1. The fourth-order valence-electron chi connectivity index (χ4n) is 3.74. The first-order valence-corrected chi connectivity index (χ1v) is 8.12. The minimum absolute atomic E-state index is 0.0294. The summed E-state index contributed by atoms with van der Waals surface area (Å²) < 4.78 is 5.73. The number of carboxylic acid groups (broad SMARTS) is 1. The summed E-state index contributed by atoms with van der Waals surface area (Å²) >= 11 is 0. The fourth-order valence-corrected chi connectivity index (χ4v) is 3.74. The van der Waals surface area contributed by atoms with E-state index in [0.717, 1.165) is 25.7 Å². The number of hydrogen-bond acceptors (Lipinski definition) is 3. The van der Waals surface area contributed by atoms with Crippen LogP contribution in [0.25, 0.3) is 0 Å². The quantitative estimate of drug-likeness (QED) is 0.817. The summed E-state index contributed by atoms with van der Waals surface area (Å²) in [5.74, 6) is -2.11. The number of carbonyl (C=O) groups is 2. The van der Waals surface area contributed by atoms with Gasteiger partial charge in [-0.05, 0) is 39.5 Å². The van der Waals surface area contributed by atoms with Crippen LogP contribution in [0.3, 0.4) is 0 Å². The second-order valence-corrected chi connectivity index (χ2v) is 6.44. The molecule has 120 valence electrons. The maximum Gasteiger partial charge on any atom is 0.310 e. The lowest BCUT2D eigenvalue weighted by molar-refractivity contribution is -0.153. The first-order chi connectivity index (χ1) is 9.92. The van der Waals surface area contributed by atoms with Crippen LogP contribution in [-0.2, 0) is 14.3 Å². The van der Waals surface area contributed by atoms with E-state index in [1.54, 1.807) is 0 Å². The minimum Gasteiger partial charge on any atom is -0.481 e. The van der Waals surface area contributed by atoms with Gasteiger partial charge in [0.25, 0.3) is 0 Å². The van der Waals surface area contributed by atoms with Crippen molar-refractivity contribution >= 4 is 11.9 Å². The smallest absolute Gasteiger partial charge is 0.310 e. The Labute approximate surface area is 126 Å². The van der Waals surface area contributed by atoms with Crippen LogP contribution in [-0.4, -0.2) is 46.2 Å².